The van der Waals surface area contributed by atoms with Gasteiger partial charge in [0.15, 0.2) is 0 Å². The van der Waals surface area contributed by atoms with E-state index in [0.29, 0.717) is 11.4 Å². The first-order valence-corrected chi connectivity index (χ1v) is 7.40. The number of hydrogen-bond acceptors (Lipinski definition) is 2. The molecule has 0 unspecified atom stereocenters. The molecule has 1 heterocycles. The van der Waals surface area contributed by atoms with Crippen LogP contribution in [0.25, 0.3) is 10.4 Å². The fourth-order valence-corrected chi connectivity index (χ4v) is 2.89. The van der Waals surface area contributed by atoms with Gasteiger partial charge in [-0.25, -0.2) is 4.39 Å². The van der Waals surface area contributed by atoms with Crippen molar-refractivity contribution in [3.63, 3.8) is 0 Å². The summed E-state index contributed by atoms with van der Waals surface area (Å²) in [7, 11) is 0. The fourth-order valence-electron chi connectivity index (χ4n) is 1.90. The summed E-state index contributed by atoms with van der Waals surface area (Å²) >= 11 is 1.30. The summed E-state index contributed by atoms with van der Waals surface area (Å²) in [6.07, 6.45) is -3.47. The minimum absolute atomic E-state index is 0.00318. The van der Waals surface area contributed by atoms with Gasteiger partial charge in [0, 0.05) is 21.9 Å². The second kappa shape index (κ2) is 6.58. The average Bonchev–Trinajstić information content (AvgIpc) is 2.87. The molecule has 0 atom stereocenters. The summed E-state index contributed by atoms with van der Waals surface area (Å²) in [5.74, 6) is -0.641. The number of benzene rings is 1. The van der Waals surface area contributed by atoms with Gasteiger partial charge in [0.05, 0.1) is 5.56 Å². The third-order valence-corrected chi connectivity index (χ3v) is 4.07. The zero-order valence-corrected chi connectivity index (χ0v) is 12.2. The standard InChI is InChI=1S/C15H15F4NS/c1-2-7-20-9-11-4-6-14(21-11)12-8-10(15(17,18)19)3-5-13(12)16/h3-6,8,20H,2,7,9H2,1H3. The molecule has 2 rings (SSSR count). The Hall–Kier alpha value is -1.40. The third-order valence-electron chi connectivity index (χ3n) is 2.95. The van der Waals surface area contributed by atoms with Crippen LogP contribution in [0.15, 0.2) is 30.3 Å². The Kier molecular flexibility index (Phi) is 5.00. The van der Waals surface area contributed by atoms with Crippen molar-refractivity contribution >= 4 is 11.3 Å². The van der Waals surface area contributed by atoms with Crippen LogP contribution in [-0.4, -0.2) is 6.54 Å². The lowest BCUT2D eigenvalue weighted by atomic mass is 10.1. The van der Waals surface area contributed by atoms with Crippen molar-refractivity contribution in [1.29, 1.82) is 0 Å². The van der Waals surface area contributed by atoms with Gasteiger partial charge in [0.2, 0.25) is 0 Å². The Morgan fingerprint density at radius 2 is 1.90 bits per heavy atom. The van der Waals surface area contributed by atoms with Crippen molar-refractivity contribution < 1.29 is 17.6 Å². The highest BCUT2D eigenvalue weighted by Crippen LogP contribution is 2.36. The Balaban J connectivity index is 2.25. The molecule has 6 heteroatoms. The minimum atomic E-state index is -4.47. The number of halogens is 4. The third kappa shape index (κ3) is 4.04. The molecule has 1 aromatic heterocycles. The zero-order chi connectivity index (χ0) is 15.5. The van der Waals surface area contributed by atoms with Crippen molar-refractivity contribution in [3.05, 3.63) is 46.6 Å². The quantitative estimate of drug-likeness (QED) is 0.599. The van der Waals surface area contributed by atoms with Gasteiger partial charge in [-0.2, -0.15) is 13.2 Å². The van der Waals surface area contributed by atoms with E-state index in [0.717, 1.165) is 36.0 Å². The molecule has 1 nitrogen and oxygen atoms in total. The fraction of sp³-hybridized carbons (Fsp3) is 0.333. The molecular weight excluding hydrogens is 302 g/mol. The van der Waals surface area contributed by atoms with Crippen LogP contribution >= 0.6 is 11.3 Å². The SMILES string of the molecule is CCCNCc1ccc(-c2cc(C(F)(F)F)ccc2F)s1. The molecule has 21 heavy (non-hydrogen) atoms. The van der Waals surface area contributed by atoms with Crippen LogP contribution in [0.3, 0.4) is 0 Å². The van der Waals surface area contributed by atoms with Crippen molar-refractivity contribution in [2.45, 2.75) is 26.1 Å². The predicted octanol–water partition coefficient (Wildman–Crippen LogP) is 5.07. The van der Waals surface area contributed by atoms with E-state index in [4.69, 9.17) is 0 Å². The van der Waals surface area contributed by atoms with Crippen LogP contribution in [0.5, 0.6) is 0 Å². The first-order valence-electron chi connectivity index (χ1n) is 6.58. The highest BCUT2D eigenvalue weighted by atomic mass is 32.1. The molecular formula is C15H15F4NS. The largest absolute Gasteiger partial charge is 0.416 e. The molecule has 0 saturated heterocycles. The number of nitrogens with one attached hydrogen (secondary N) is 1. The normalized spacial score (nSPS) is 11.9. The maximum absolute atomic E-state index is 13.8. The molecule has 0 aliphatic rings. The van der Waals surface area contributed by atoms with Crippen LogP contribution in [0, 0.1) is 5.82 Å². The second-order valence-corrected chi connectivity index (χ2v) is 5.80. The average molecular weight is 317 g/mol. The van der Waals surface area contributed by atoms with Crippen LogP contribution in [0.4, 0.5) is 17.6 Å². The van der Waals surface area contributed by atoms with Crippen molar-refractivity contribution in [1.82, 2.24) is 5.32 Å². The number of hydrogen-bond donors (Lipinski definition) is 1. The van der Waals surface area contributed by atoms with E-state index in [1.807, 2.05) is 13.0 Å². The lowest BCUT2D eigenvalue weighted by molar-refractivity contribution is -0.137. The van der Waals surface area contributed by atoms with Gasteiger partial charge >= 0.3 is 6.18 Å². The molecule has 0 amide bonds. The molecule has 0 bridgehead atoms. The van der Waals surface area contributed by atoms with Gasteiger partial charge in [0.25, 0.3) is 0 Å². The monoisotopic (exact) mass is 317 g/mol. The first kappa shape index (κ1) is 16.0. The highest BCUT2D eigenvalue weighted by molar-refractivity contribution is 7.15. The van der Waals surface area contributed by atoms with Crippen molar-refractivity contribution in [2.24, 2.45) is 0 Å². The predicted molar refractivity (Wildman–Crippen MR) is 76.7 cm³/mol. The number of rotatable bonds is 5. The number of thiophene rings is 1. The Morgan fingerprint density at radius 3 is 2.57 bits per heavy atom. The van der Waals surface area contributed by atoms with Gasteiger partial charge in [-0.05, 0) is 43.3 Å². The van der Waals surface area contributed by atoms with Gasteiger partial charge in [-0.15, -0.1) is 11.3 Å². The summed E-state index contributed by atoms with van der Waals surface area (Å²) in [6, 6.07) is 5.96. The maximum Gasteiger partial charge on any atom is 0.416 e. The molecule has 1 N–H and O–H groups in total. The van der Waals surface area contributed by atoms with Gasteiger partial charge in [-0.3, -0.25) is 0 Å². The lowest BCUT2D eigenvalue weighted by Crippen LogP contribution is -2.12. The second-order valence-electron chi connectivity index (χ2n) is 4.64. The molecule has 0 aliphatic heterocycles. The first-order chi connectivity index (χ1) is 9.91. The molecule has 114 valence electrons. The number of alkyl halides is 3. The van der Waals surface area contributed by atoms with E-state index in [9.17, 15) is 17.6 Å². The van der Waals surface area contributed by atoms with E-state index < -0.39 is 17.6 Å². The Bertz CT molecular complexity index is 604. The van der Waals surface area contributed by atoms with E-state index >= 15 is 0 Å². The van der Waals surface area contributed by atoms with Crippen LogP contribution in [0.2, 0.25) is 0 Å². The smallest absolute Gasteiger partial charge is 0.312 e. The van der Waals surface area contributed by atoms with E-state index in [-0.39, 0.29) is 5.56 Å². The van der Waals surface area contributed by atoms with Gasteiger partial charge in [0.1, 0.15) is 5.82 Å². The topological polar surface area (TPSA) is 12.0 Å². The van der Waals surface area contributed by atoms with Crippen LogP contribution in [-0.2, 0) is 12.7 Å². The van der Waals surface area contributed by atoms with Gasteiger partial charge < -0.3 is 5.32 Å². The lowest BCUT2D eigenvalue weighted by Gasteiger charge is -2.08. The van der Waals surface area contributed by atoms with Crippen molar-refractivity contribution in [2.75, 3.05) is 6.54 Å². The van der Waals surface area contributed by atoms with E-state index in [2.05, 4.69) is 5.32 Å². The molecule has 2 aromatic rings. The molecule has 1 aromatic carbocycles. The highest BCUT2D eigenvalue weighted by Gasteiger charge is 2.31. The minimum Gasteiger partial charge on any atom is -0.312 e. The summed E-state index contributed by atoms with van der Waals surface area (Å²) in [5, 5.41) is 3.20. The Morgan fingerprint density at radius 1 is 1.14 bits per heavy atom. The molecule has 0 saturated carbocycles. The Labute approximate surface area is 124 Å². The summed E-state index contributed by atoms with van der Waals surface area (Å²) in [4.78, 5) is 1.47. The summed E-state index contributed by atoms with van der Waals surface area (Å²) < 4.78 is 51.9. The van der Waals surface area contributed by atoms with Gasteiger partial charge in [-0.1, -0.05) is 6.92 Å². The summed E-state index contributed by atoms with van der Waals surface area (Å²) in [5.41, 5.74) is -0.838. The van der Waals surface area contributed by atoms with E-state index in [1.54, 1.807) is 6.07 Å². The molecule has 0 aliphatic carbocycles. The van der Waals surface area contributed by atoms with Crippen molar-refractivity contribution in [3.8, 4) is 10.4 Å². The molecule has 0 spiro atoms. The zero-order valence-electron chi connectivity index (χ0n) is 11.4. The molecule has 0 radical (unpaired) electrons. The maximum atomic E-state index is 13.8. The summed E-state index contributed by atoms with van der Waals surface area (Å²) in [6.45, 7) is 3.55. The van der Waals surface area contributed by atoms with Crippen LogP contribution in [0.1, 0.15) is 23.8 Å². The van der Waals surface area contributed by atoms with E-state index in [1.165, 1.54) is 11.3 Å². The van der Waals surface area contributed by atoms with Crippen LogP contribution < -0.4 is 5.32 Å². The molecule has 0 fully saturated rings.